The summed E-state index contributed by atoms with van der Waals surface area (Å²) in [6.07, 6.45) is 3.35. The second-order valence-corrected chi connectivity index (χ2v) is 5.85. The van der Waals surface area contributed by atoms with Crippen LogP contribution in [-0.4, -0.2) is 19.1 Å². The van der Waals surface area contributed by atoms with Gasteiger partial charge in [0.1, 0.15) is 5.75 Å². The van der Waals surface area contributed by atoms with E-state index in [0.29, 0.717) is 23.3 Å². The molecule has 1 amide bonds. The molecule has 0 heterocycles. The molecular weight excluding hydrogens is 294 g/mol. The summed E-state index contributed by atoms with van der Waals surface area (Å²) in [6.45, 7) is 2.23. The highest BCUT2D eigenvalue weighted by atomic mass is 79.9. The lowest BCUT2D eigenvalue weighted by Crippen LogP contribution is -2.33. The third-order valence-electron chi connectivity index (χ3n) is 3.44. The number of nitrogens with one attached hydrogen (secondary N) is 1. The van der Waals surface area contributed by atoms with Crippen LogP contribution < -0.4 is 10.1 Å². The highest BCUT2D eigenvalue weighted by molar-refractivity contribution is 9.10. The Hall–Kier alpha value is -1.03. The minimum absolute atomic E-state index is 0.0431. The van der Waals surface area contributed by atoms with Crippen LogP contribution in [0.15, 0.2) is 22.7 Å². The van der Waals surface area contributed by atoms with Crippen LogP contribution in [0.4, 0.5) is 0 Å². The maximum atomic E-state index is 12.2. The number of hydrogen-bond donors (Lipinski definition) is 1. The van der Waals surface area contributed by atoms with Crippen molar-refractivity contribution in [1.82, 2.24) is 5.32 Å². The van der Waals surface area contributed by atoms with Gasteiger partial charge in [-0.3, -0.25) is 4.79 Å². The second kappa shape index (κ2) is 5.74. The second-order valence-electron chi connectivity index (χ2n) is 4.93. The van der Waals surface area contributed by atoms with Crippen LogP contribution in [0.5, 0.6) is 5.75 Å². The van der Waals surface area contributed by atoms with E-state index < -0.39 is 0 Å². The monoisotopic (exact) mass is 311 g/mol. The summed E-state index contributed by atoms with van der Waals surface area (Å²) in [7, 11) is 1.58. The average molecular weight is 312 g/mol. The zero-order valence-corrected chi connectivity index (χ0v) is 12.3. The first-order valence-electron chi connectivity index (χ1n) is 6.24. The summed E-state index contributed by atoms with van der Waals surface area (Å²) in [5, 5.41) is 3.09. The Morgan fingerprint density at radius 1 is 1.44 bits per heavy atom. The first kappa shape index (κ1) is 13.4. The molecule has 1 aliphatic rings. The van der Waals surface area contributed by atoms with E-state index in [1.807, 2.05) is 12.1 Å². The fourth-order valence-corrected chi connectivity index (χ4v) is 2.79. The van der Waals surface area contributed by atoms with E-state index >= 15 is 0 Å². The van der Waals surface area contributed by atoms with Crippen molar-refractivity contribution in [1.29, 1.82) is 0 Å². The molecule has 1 aromatic carbocycles. The van der Waals surface area contributed by atoms with Gasteiger partial charge in [-0.25, -0.2) is 0 Å². The smallest absolute Gasteiger partial charge is 0.255 e. The largest absolute Gasteiger partial charge is 0.496 e. The molecule has 0 saturated heterocycles. The minimum Gasteiger partial charge on any atom is -0.496 e. The molecular formula is C14H18BrNO2. The predicted octanol–water partition coefficient (Wildman–Crippen LogP) is 3.38. The van der Waals surface area contributed by atoms with Crippen LogP contribution in [-0.2, 0) is 0 Å². The number of rotatable bonds is 3. The molecule has 1 aromatic rings. The summed E-state index contributed by atoms with van der Waals surface area (Å²) in [6, 6.07) is 5.76. The lowest BCUT2D eigenvalue weighted by molar-refractivity contribution is 0.0934. The van der Waals surface area contributed by atoms with E-state index in [1.165, 1.54) is 6.42 Å². The highest BCUT2D eigenvalue weighted by Gasteiger charge is 2.24. The molecule has 2 rings (SSSR count). The number of carbonyl (C=O) groups excluding carboxylic acids is 1. The van der Waals surface area contributed by atoms with Gasteiger partial charge in [-0.05, 0) is 43.4 Å². The van der Waals surface area contributed by atoms with Gasteiger partial charge in [-0.15, -0.1) is 0 Å². The van der Waals surface area contributed by atoms with E-state index in [-0.39, 0.29) is 5.91 Å². The maximum Gasteiger partial charge on any atom is 0.255 e. The van der Waals surface area contributed by atoms with Gasteiger partial charge in [0.15, 0.2) is 0 Å². The van der Waals surface area contributed by atoms with E-state index in [1.54, 1.807) is 13.2 Å². The number of halogens is 1. The summed E-state index contributed by atoms with van der Waals surface area (Å²) < 4.78 is 6.15. The van der Waals surface area contributed by atoms with Gasteiger partial charge in [0.25, 0.3) is 5.91 Å². The van der Waals surface area contributed by atoms with Crippen molar-refractivity contribution >= 4 is 21.8 Å². The normalized spacial score (nSPS) is 22.8. The fourth-order valence-electron chi connectivity index (χ4n) is 2.45. The van der Waals surface area contributed by atoms with Gasteiger partial charge in [0.2, 0.25) is 0 Å². The first-order chi connectivity index (χ1) is 8.60. The van der Waals surface area contributed by atoms with Crippen LogP contribution >= 0.6 is 15.9 Å². The molecule has 1 N–H and O–H groups in total. The number of hydrogen-bond acceptors (Lipinski definition) is 2. The zero-order valence-electron chi connectivity index (χ0n) is 10.7. The van der Waals surface area contributed by atoms with Gasteiger partial charge in [-0.2, -0.15) is 0 Å². The van der Waals surface area contributed by atoms with Gasteiger partial charge < -0.3 is 10.1 Å². The summed E-state index contributed by atoms with van der Waals surface area (Å²) >= 11 is 3.37. The Balaban J connectivity index is 2.09. The average Bonchev–Trinajstić information content (AvgIpc) is 2.74. The topological polar surface area (TPSA) is 38.3 Å². The van der Waals surface area contributed by atoms with Gasteiger partial charge in [0, 0.05) is 10.5 Å². The molecule has 3 nitrogen and oxygen atoms in total. The first-order valence-corrected chi connectivity index (χ1v) is 7.04. The molecule has 0 spiro atoms. The van der Waals surface area contributed by atoms with Crippen molar-refractivity contribution in [3.63, 3.8) is 0 Å². The van der Waals surface area contributed by atoms with Crippen LogP contribution in [0.2, 0.25) is 0 Å². The number of ether oxygens (including phenoxy) is 1. The highest BCUT2D eigenvalue weighted by Crippen LogP contribution is 2.27. The SMILES string of the molecule is COc1cc(Br)ccc1C(=O)NC1CCC(C)C1. The Morgan fingerprint density at radius 2 is 2.22 bits per heavy atom. The van der Waals surface area contributed by atoms with Crippen molar-refractivity contribution in [3.8, 4) is 5.75 Å². The number of carbonyl (C=O) groups is 1. The van der Waals surface area contributed by atoms with E-state index in [2.05, 4.69) is 28.2 Å². The van der Waals surface area contributed by atoms with Crippen molar-refractivity contribution in [2.45, 2.75) is 32.2 Å². The molecule has 2 unspecified atom stereocenters. The van der Waals surface area contributed by atoms with E-state index in [0.717, 1.165) is 17.3 Å². The van der Waals surface area contributed by atoms with Crippen molar-refractivity contribution in [2.24, 2.45) is 5.92 Å². The lowest BCUT2D eigenvalue weighted by atomic mass is 10.1. The molecule has 0 radical (unpaired) electrons. The minimum atomic E-state index is -0.0431. The Labute approximate surface area is 116 Å². The number of methoxy groups -OCH3 is 1. The standard InChI is InChI=1S/C14H18BrNO2/c1-9-3-5-11(7-9)16-14(17)12-6-4-10(15)8-13(12)18-2/h4,6,8-9,11H,3,5,7H2,1-2H3,(H,16,17). The molecule has 4 heteroatoms. The molecule has 2 atom stereocenters. The molecule has 18 heavy (non-hydrogen) atoms. The molecule has 0 aromatic heterocycles. The van der Waals surface area contributed by atoms with Crippen LogP contribution in [0.3, 0.4) is 0 Å². The van der Waals surface area contributed by atoms with Crippen LogP contribution in [0, 0.1) is 5.92 Å². The summed E-state index contributed by atoms with van der Waals surface area (Å²) in [5.74, 6) is 1.27. The van der Waals surface area contributed by atoms with Gasteiger partial charge in [0.05, 0.1) is 12.7 Å². The molecule has 0 aliphatic heterocycles. The lowest BCUT2D eigenvalue weighted by Gasteiger charge is -2.14. The zero-order chi connectivity index (χ0) is 13.1. The Morgan fingerprint density at radius 3 is 2.83 bits per heavy atom. The summed E-state index contributed by atoms with van der Waals surface area (Å²) in [4.78, 5) is 12.2. The van der Waals surface area contributed by atoms with E-state index in [9.17, 15) is 4.79 Å². The third kappa shape index (κ3) is 3.05. The quantitative estimate of drug-likeness (QED) is 0.929. The summed E-state index contributed by atoms with van der Waals surface area (Å²) in [5.41, 5.74) is 0.597. The molecule has 1 aliphatic carbocycles. The predicted molar refractivity (Wildman–Crippen MR) is 75.0 cm³/mol. The van der Waals surface area contributed by atoms with Crippen molar-refractivity contribution in [3.05, 3.63) is 28.2 Å². The van der Waals surface area contributed by atoms with Crippen molar-refractivity contribution in [2.75, 3.05) is 7.11 Å². The fraction of sp³-hybridized carbons (Fsp3) is 0.500. The number of amides is 1. The molecule has 98 valence electrons. The van der Waals surface area contributed by atoms with Crippen LogP contribution in [0.1, 0.15) is 36.5 Å². The third-order valence-corrected chi connectivity index (χ3v) is 3.93. The molecule has 0 bridgehead atoms. The van der Waals surface area contributed by atoms with E-state index in [4.69, 9.17) is 4.74 Å². The molecule has 1 fully saturated rings. The van der Waals surface area contributed by atoms with Gasteiger partial charge in [-0.1, -0.05) is 22.9 Å². The van der Waals surface area contributed by atoms with Crippen LogP contribution in [0.25, 0.3) is 0 Å². The van der Waals surface area contributed by atoms with Gasteiger partial charge >= 0.3 is 0 Å². The molecule has 1 saturated carbocycles. The number of benzene rings is 1. The maximum absolute atomic E-state index is 12.2. The Kier molecular flexibility index (Phi) is 4.27. The van der Waals surface area contributed by atoms with Crippen molar-refractivity contribution < 1.29 is 9.53 Å². The Bertz CT molecular complexity index is 447.